The molecule has 3 aromatic rings. The predicted octanol–water partition coefficient (Wildman–Crippen LogP) is 4.12. The number of hydrogen-bond acceptors (Lipinski definition) is 5. The van der Waals surface area contributed by atoms with Crippen molar-refractivity contribution in [3.05, 3.63) is 66.2 Å². The van der Waals surface area contributed by atoms with Crippen molar-refractivity contribution in [2.45, 2.75) is 18.4 Å². The van der Waals surface area contributed by atoms with Crippen LogP contribution in [-0.4, -0.2) is 60.2 Å². The first-order chi connectivity index (χ1) is 15.9. The third-order valence-electron chi connectivity index (χ3n) is 5.86. The van der Waals surface area contributed by atoms with Crippen LogP contribution >= 0.6 is 0 Å². The molecule has 1 aromatic heterocycles. The number of hydrogen-bond donors (Lipinski definition) is 0. The van der Waals surface area contributed by atoms with Gasteiger partial charge in [-0.25, -0.2) is 18.6 Å². The van der Waals surface area contributed by atoms with E-state index in [0.717, 1.165) is 5.39 Å². The van der Waals surface area contributed by atoms with E-state index in [1.165, 1.54) is 9.80 Å². The number of para-hydroxylation sites is 1. The summed E-state index contributed by atoms with van der Waals surface area (Å²) in [4.78, 5) is 32.0. The maximum atomic E-state index is 14.7. The number of aromatic nitrogens is 1. The molecule has 0 radical (unpaired) electrons. The molecule has 2 fully saturated rings. The summed E-state index contributed by atoms with van der Waals surface area (Å²) in [7, 11) is 0. The smallest absolute Gasteiger partial charge is 0.414 e. The van der Waals surface area contributed by atoms with E-state index in [4.69, 9.17) is 9.47 Å². The van der Waals surface area contributed by atoms with Crippen LogP contribution in [-0.2, 0) is 4.74 Å². The number of benzene rings is 2. The lowest BCUT2D eigenvalue weighted by Gasteiger charge is -2.38. The van der Waals surface area contributed by atoms with E-state index in [0.29, 0.717) is 23.3 Å². The lowest BCUT2D eigenvalue weighted by molar-refractivity contribution is -0.131. The monoisotopic (exact) mass is 453 g/mol. The third kappa shape index (κ3) is 4.18. The van der Waals surface area contributed by atoms with Gasteiger partial charge in [0.25, 0.3) is 11.8 Å². The standard InChI is InChI=1S/C24H21F2N3O4/c25-24(26)10-11-28(15-20(24)33-21-9-8-16-4-1-2-7-19(16)27-21)22(30)17-5-3-6-18(14-17)29-12-13-32-23(29)31/h1-9,14,20H,10-13,15H2. The molecule has 3 heterocycles. The lowest BCUT2D eigenvalue weighted by Crippen LogP contribution is -2.55. The first-order valence-electron chi connectivity index (χ1n) is 10.6. The van der Waals surface area contributed by atoms with E-state index in [9.17, 15) is 18.4 Å². The van der Waals surface area contributed by atoms with E-state index in [1.54, 1.807) is 42.5 Å². The number of fused-ring (bicyclic) bond motifs is 1. The maximum Gasteiger partial charge on any atom is 0.414 e. The molecule has 0 N–H and O–H groups in total. The largest absolute Gasteiger partial charge is 0.466 e. The Balaban J connectivity index is 1.34. The fraction of sp³-hybridized carbons (Fsp3) is 0.292. The Labute approximate surface area is 188 Å². The molecule has 2 saturated heterocycles. The zero-order valence-electron chi connectivity index (χ0n) is 17.6. The van der Waals surface area contributed by atoms with Crippen LogP contribution in [0.4, 0.5) is 19.3 Å². The number of carbonyl (C=O) groups is 2. The molecule has 2 amide bonds. The highest BCUT2D eigenvalue weighted by molar-refractivity contribution is 5.97. The Kier molecular flexibility index (Phi) is 5.32. The van der Waals surface area contributed by atoms with E-state index >= 15 is 0 Å². The molecule has 1 unspecified atom stereocenters. The van der Waals surface area contributed by atoms with Crippen LogP contribution in [0.15, 0.2) is 60.7 Å². The molecule has 5 rings (SSSR count). The third-order valence-corrected chi connectivity index (χ3v) is 5.86. The van der Waals surface area contributed by atoms with Crippen LogP contribution in [0, 0.1) is 0 Å². The number of cyclic esters (lactones) is 1. The number of rotatable bonds is 4. The van der Waals surface area contributed by atoms with Crippen LogP contribution in [0.3, 0.4) is 0 Å². The zero-order valence-corrected chi connectivity index (χ0v) is 17.6. The van der Waals surface area contributed by atoms with E-state index in [1.807, 2.05) is 18.2 Å². The number of nitrogens with zero attached hydrogens (tertiary/aromatic N) is 3. The second-order valence-corrected chi connectivity index (χ2v) is 8.03. The molecule has 7 nitrogen and oxygen atoms in total. The summed E-state index contributed by atoms with van der Waals surface area (Å²) in [6.07, 6.45) is -2.52. The summed E-state index contributed by atoms with van der Waals surface area (Å²) in [6.45, 7) is 0.282. The minimum atomic E-state index is -3.11. The molecule has 2 aliphatic heterocycles. The van der Waals surface area contributed by atoms with Crippen molar-refractivity contribution in [1.29, 1.82) is 0 Å². The average Bonchev–Trinajstić information content (AvgIpc) is 3.26. The van der Waals surface area contributed by atoms with Gasteiger partial charge in [0.05, 0.1) is 18.6 Å². The van der Waals surface area contributed by atoms with Gasteiger partial charge in [0.2, 0.25) is 5.88 Å². The summed E-state index contributed by atoms with van der Waals surface area (Å²) in [5.74, 6) is -3.42. The minimum Gasteiger partial charge on any atom is -0.466 e. The lowest BCUT2D eigenvalue weighted by atomic mass is 10.0. The van der Waals surface area contributed by atoms with Crippen molar-refractivity contribution < 1.29 is 27.8 Å². The average molecular weight is 453 g/mol. The molecule has 9 heteroatoms. The van der Waals surface area contributed by atoms with Crippen molar-refractivity contribution in [2.75, 3.05) is 31.1 Å². The van der Waals surface area contributed by atoms with Gasteiger partial charge < -0.3 is 14.4 Å². The van der Waals surface area contributed by atoms with Gasteiger partial charge >= 0.3 is 6.09 Å². The number of carbonyl (C=O) groups excluding carboxylic acids is 2. The molecule has 2 aromatic carbocycles. The summed E-state index contributed by atoms with van der Waals surface area (Å²) in [6, 6.07) is 17.2. The topological polar surface area (TPSA) is 72.0 Å². The summed E-state index contributed by atoms with van der Waals surface area (Å²) in [5, 5.41) is 0.874. The minimum absolute atomic E-state index is 0.0854. The first-order valence-corrected chi connectivity index (χ1v) is 10.6. The van der Waals surface area contributed by atoms with E-state index < -0.39 is 30.4 Å². The molecule has 170 valence electrons. The fourth-order valence-corrected chi connectivity index (χ4v) is 4.05. The van der Waals surface area contributed by atoms with Gasteiger partial charge in [-0.2, -0.15) is 0 Å². The number of anilines is 1. The van der Waals surface area contributed by atoms with Gasteiger partial charge in [0.1, 0.15) is 6.61 Å². The quantitative estimate of drug-likeness (QED) is 0.594. The van der Waals surface area contributed by atoms with Gasteiger partial charge in [-0.3, -0.25) is 9.69 Å². The zero-order chi connectivity index (χ0) is 23.0. The molecular weight excluding hydrogens is 432 g/mol. The van der Waals surface area contributed by atoms with Crippen LogP contribution in [0.25, 0.3) is 10.9 Å². The van der Waals surface area contributed by atoms with Crippen molar-refractivity contribution in [1.82, 2.24) is 9.88 Å². The number of pyridine rings is 1. The highest BCUT2D eigenvalue weighted by Gasteiger charge is 2.47. The SMILES string of the molecule is O=C(c1cccc(N2CCOC2=O)c1)N1CCC(F)(F)C(Oc2ccc3ccccc3n2)C1. The molecule has 0 aliphatic carbocycles. The number of amides is 2. The Morgan fingerprint density at radius 2 is 1.94 bits per heavy atom. The van der Waals surface area contributed by atoms with Crippen molar-refractivity contribution in [2.24, 2.45) is 0 Å². The van der Waals surface area contributed by atoms with Gasteiger partial charge in [0, 0.05) is 35.7 Å². The molecule has 1 atom stereocenters. The van der Waals surface area contributed by atoms with Crippen molar-refractivity contribution in [3.8, 4) is 5.88 Å². The highest BCUT2D eigenvalue weighted by atomic mass is 19.3. The Morgan fingerprint density at radius 1 is 1.09 bits per heavy atom. The normalized spacial score (nSPS) is 20.1. The molecule has 2 aliphatic rings. The molecule has 33 heavy (non-hydrogen) atoms. The number of alkyl halides is 2. The Hall–Kier alpha value is -3.75. The Morgan fingerprint density at radius 3 is 2.76 bits per heavy atom. The van der Waals surface area contributed by atoms with Gasteiger partial charge in [-0.1, -0.05) is 24.3 Å². The second-order valence-electron chi connectivity index (χ2n) is 8.03. The van der Waals surface area contributed by atoms with Crippen molar-refractivity contribution in [3.63, 3.8) is 0 Å². The van der Waals surface area contributed by atoms with Crippen molar-refractivity contribution >= 4 is 28.6 Å². The summed E-state index contributed by atoms with van der Waals surface area (Å²) in [5.41, 5.74) is 1.47. The fourth-order valence-electron chi connectivity index (χ4n) is 4.05. The Bertz CT molecular complexity index is 1220. The number of ether oxygens (including phenoxy) is 2. The predicted molar refractivity (Wildman–Crippen MR) is 117 cm³/mol. The molecule has 0 bridgehead atoms. The van der Waals surface area contributed by atoms with Gasteiger partial charge in [0.15, 0.2) is 6.10 Å². The first kappa shape index (κ1) is 21.1. The summed E-state index contributed by atoms with van der Waals surface area (Å²) >= 11 is 0. The molecule has 0 saturated carbocycles. The molecule has 0 spiro atoms. The van der Waals surface area contributed by atoms with Crippen LogP contribution < -0.4 is 9.64 Å². The maximum absolute atomic E-state index is 14.7. The van der Waals surface area contributed by atoms with Gasteiger partial charge in [-0.15, -0.1) is 0 Å². The van der Waals surface area contributed by atoms with E-state index in [2.05, 4.69) is 4.98 Å². The second kappa shape index (κ2) is 8.31. The number of halogens is 2. The molecular formula is C24H21F2N3O4. The number of likely N-dealkylation sites (tertiary alicyclic amines) is 1. The highest BCUT2D eigenvalue weighted by Crippen LogP contribution is 2.32. The van der Waals surface area contributed by atoms with E-state index in [-0.39, 0.29) is 25.6 Å². The van der Waals surface area contributed by atoms with Crippen LogP contribution in [0.5, 0.6) is 5.88 Å². The van der Waals surface area contributed by atoms with Crippen LogP contribution in [0.2, 0.25) is 0 Å². The van der Waals surface area contributed by atoms with Crippen LogP contribution in [0.1, 0.15) is 16.8 Å². The summed E-state index contributed by atoms with van der Waals surface area (Å²) < 4.78 is 39.9. The number of piperidine rings is 1. The van der Waals surface area contributed by atoms with Gasteiger partial charge in [-0.05, 0) is 30.3 Å².